The van der Waals surface area contributed by atoms with E-state index in [9.17, 15) is 14.4 Å². The van der Waals surface area contributed by atoms with Crippen LogP contribution >= 0.6 is 23.4 Å². The van der Waals surface area contributed by atoms with Crippen molar-refractivity contribution in [3.05, 3.63) is 112 Å². The number of nitrogens with zero attached hydrogens (tertiary/aromatic N) is 1. The van der Waals surface area contributed by atoms with E-state index in [0.717, 1.165) is 33.0 Å². The number of ketones is 1. The van der Waals surface area contributed by atoms with Crippen molar-refractivity contribution < 1.29 is 23.9 Å². The van der Waals surface area contributed by atoms with Gasteiger partial charge >= 0.3 is 0 Å². The quantitative estimate of drug-likeness (QED) is 0.176. The van der Waals surface area contributed by atoms with E-state index in [1.54, 1.807) is 55.7 Å². The number of carbonyl (C=O) groups excluding carboxylic acids is 3. The SMILES string of the molecule is COc1cc(/C=C2/SC(=O)N(CC(=O)c3ccc(Cl)cc3)C2=O)ccc1OCc1cccc2ccccc12. The molecule has 190 valence electrons. The number of imide groups is 1. The van der Waals surface area contributed by atoms with E-state index in [1.807, 2.05) is 24.3 Å². The van der Waals surface area contributed by atoms with E-state index in [2.05, 4.69) is 18.2 Å². The normalized spacial score (nSPS) is 14.4. The summed E-state index contributed by atoms with van der Waals surface area (Å²) in [6.45, 7) is 0.0193. The van der Waals surface area contributed by atoms with Gasteiger partial charge in [0.25, 0.3) is 11.1 Å². The smallest absolute Gasteiger partial charge is 0.293 e. The molecule has 4 aromatic carbocycles. The summed E-state index contributed by atoms with van der Waals surface area (Å²) in [5, 5.41) is 2.26. The first-order chi connectivity index (χ1) is 18.4. The van der Waals surface area contributed by atoms with Crippen LogP contribution in [0.25, 0.3) is 16.8 Å². The first-order valence-electron chi connectivity index (χ1n) is 11.7. The second-order valence-corrected chi connectivity index (χ2v) is 9.96. The molecule has 0 spiro atoms. The second kappa shape index (κ2) is 11.1. The van der Waals surface area contributed by atoms with Crippen LogP contribution in [0.1, 0.15) is 21.5 Å². The maximum absolute atomic E-state index is 12.9. The number of thioether (sulfide) groups is 1. The molecule has 0 atom stereocenters. The van der Waals surface area contributed by atoms with E-state index in [-0.39, 0.29) is 17.2 Å². The van der Waals surface area contributed by atoms with Crippen molar-refractivity contribution in [1.29, 1.82) is 0 Å². The van der Waals surface area contributed by atoms with Gasteiger partial charge in [-0.25, -0.2) is 0 Å². The van der Waals surface area contributed by atoms with Gasteiger partial charge in [-0.3, -0.25) is 19.3 Å². The summed E-state index contributed by atoms with van der Waals surface area (Å²) in [4.78, 5) is 39.2. The summed E-state index contributed by atoms with van der Waals surface area (Å²) < 4.78 is 11.6. The van der Waals surface area contributed by atoms with Gasteiger partial charge in [0, 0.05) is 10.6 Å². The number of methoxy groups -OCH3 is 1. The minimum atomic E-state index is -0.516. The summed E-state index contributed by atoms with van der Waals surface area (Å²) in [6.07, 6.45) is 1.61. The van der Waals surface area contributed by atoms with Crippen LogP contribution in [0.2, 0.25) is 5.02 Å². The average molecular weight is 544 g/mol. The molecule has 1 aliphatic heterocycles. The zero-order chi connectivity index (χ0) is 26.6. The largest absolute Gasteiger partial charge is 0.493 e. The molecule has 0 bridgehead atoms. The van der Waals surface area contributed by atoms with Gasteiger partial charge in [0.2, 0.25) is 0 Å². The van der Waals surface area contributed by atoms with Crippen molar-refractivity contribution in [2.45, 2.75) is 6.61 Å². The average Bonchev–Trinajstić information content (AvgIpc) is 3.19. The summed E-state index contributed by atoms with van der Waals surface area (Å²) in [7, 11) is 1.54. The maximum atomic E-state index is 12.9. The third-order valence-corrected chi connectivity index (χ3v) is 7.25. The highest BCUT2D eigenvalue weighted by molar-refractivity contribution is 8.18. The molecule has 0 N–H and O–H groups in total. The third kappa shape index (κ3) is 5.44. The fourth-order valence-electron chi connectivity index (χ4n) is 4.13. The lowest BCUT2D eigenvalue weighted by atomic mass is 10.1. The van der Waals surface area contributed by atoms with Crippen molar-refractivity contribution in [3.8, 4) is 11.5 Å². The number of Topliss-reactive ketones (excluding diaryl/α,β-unsaturated/α-hetero) is 1. The van der Waals surface area contributed by atoms with Gasteiger partial charge in [-0.2, -0.15) is 0 Å². The van der Waals surface area contributed by atoms with Gasteiger partial charge in [-0.15, -0.1) is 0 Å². The summed E-state index contributed by atoms with van der Waals surface area (Å²) in [5.41, 5.74) is 2.09. The molecule has 1 saturated heterocycles. The van der Waals surface area contributed by atoms with E-state index < -0.39 is 11.1 Å². The Bertz CT molecular complexity index is 1580. The first kappa shape index (κ1) is 25.6. The van der Waals surface area contributed by atoms with Gasteiger partial charge in [0.1, 0.15) is 6.61 Å². The number of ether oxygens (including phenoxy) is 2. The highest BCUT2D eigenvalue weighted by Gasteiger charge is 2.36. The molecule has 1 aliphatic rings. The summed E-state index contributed by atoms with van der Waals surface area (Å²) in [6, 6.07) is 25.8. The van der Waals surface area contributed by atoms with E-state index in [1.165, 1.54) is 0 Å². The van der Waals surface area contributed by atoms with Crippen LogP contribution < -0.4 is 9.47 Å². The van der Waals surface area contributed by atoms with Crippen LogP contribution in [-0.4, -0.2) is 35.5 Å². The van der Waals surface area contributed by atoms with E-state index >= 15 is 0 Å². The molecule has 0 aliphatic carbocycles. The van der Waals surface area contributed by atoms with Crippen molar-refractivity contribution in [1.82, 2.24) is 4.90 Å². The summed E-state index contributed by atoms with van der Waals surface area (Å²) in [5.74, 6) is 0.188. The second-order valence-electron chi connectivity index (χ2n) is 8.54. The lowest BCUT2D eigenvalue weighted by Crippen LogP contribution is -2.33. The molecule has 1 fully saturated rings. The summed E-state index contributed by atoms with van der Waals surface area (Å²) >= 11 is 6.67. The predicted molar refractivity (Wildman–Crippen MR) is 150 cm³/mol. The molecule has 38 heavy (non-hydrogen) atoms. The monoisotopic (exact) mass is 543 g/mol. The molecule has 0 radical (unpaired) electrons. The highest BCUT2D eigenvalue weighted by Crippen LogP contribution is 2.35. The molecule has 5 rings (SSSR count). The van der Waals surface area contributed by atoms with Crippen molar-refractivity contribution in [2.24, 2.45) is 0 Å². The lowest BCUT2D eigenvalue weighted by Gasteiger charge is -2.13. The molecule has 8 heteroatoms. The van der Waals surface area contributed by atoms with Crippen LogP contribution in [0.5, 0.6) is 11.5 Å². The van der Waals surface area contributed by atoms with Gasteiger partial charge in [0.05, 0.1) is 18.6 Å². The number of hydrogen-bond acceptors (Lipinski definition) is 6. The third-order valence-electron chi connectivity index (χ3n) is 6.09. The molecule has 4 aromatic rings. The van der Waals surface area contributed by atoms with E-state index in [4.69, 9.17) is 21.1 Å². The number of carbonyl (C=O) groups is 3. The predicted octanol–water partition coefficient (Wildman–Crippen LogP) is 7.00. The Morgan fingerprint density at radius 3 is 2.50 bits per heavy atom. The van der Waals surface area contributed by atoms with Crippen LogP contribution in [0, 0.1) is 0 Å². The van der Waals surface area contributed by atoms with Crippen LogP contribution in [0.4, 0.5) is 4.79 Å². The molecular weight excluding hydrogens is 522 g/mol. The van der Waals surface area contributed by atoms with Gasteiger partial charge < -0.3 is 9.47 Å². The van der Waals surface area contributed by atoms with Crippen molar-refractivity contribution >= 4 is 57.1 Å². The fourth-order valence-corrected chi connectivity index (χ4v) is 5.09. The topological polar surface area (TPSA) is 72.9 Å². The lowest BCUT2D eigenvalue weighted by molar-refractivity contribution is -0.122. The molecule has 6 nitrogen and oxygen atoms in total. The van der Waals surface area contributed by atoms with Crippen LogP contribution in [-0.2, 0) is 11.4 Å². The minimum Gasteiger partial charge on any atom is -0.493 e. The van der Waals surface area contributed by atoms with Gasteiger partial charge in [-0.05, 0) is 76.1 Å². The Morgan fingerprint density at radius 2 is 1.71 bits per heavy atom. The Labute approximate surface area is 228 Å². The Balaban J connectivity index is 1.30. The van der Waals surface area contributed by atoms with Crippen LogP contribution in [0.15, 0.2) is 89.8 Å². The number of hydrogen-bond donors (Lipinski definition) is 0. The van der Waals surface area contributed by atoms with Crippen molar-refractivity contribution in [2.75, 3.05) is 13.7 Å². The number of benzene rings is 4. The van der Waals surface area contributed by atoms with Gasteiger partial charge in [-0.1, -0.05) is 60.1 Å². The molecule has 1 heterocycles. The Hall–Kier alpha value is -4.07. The molecule has 0 saturated carbocycles. The molecular formula is C30H22ClNO5S. The molecule has 0 aromatic heterocycles. The Morgan fingerprint density at radius 1 is 0.947 bits per heavy atom. The number of rotatable bonds is 8. The maximum Gasteiger partial charge on any atom is 0.293 e. The van der Waals surface area contributed by atoms with Gasteiger partial charge in [0.15, 0.2) is 17.3 Å². The Kier molecular flexibility index (Phi) is 7.49. The number of amides is 2. The standard InChI is InChI=1S/C30H22ClNO5S/c1-36-27-15-19(9-14-26(27)37-18-22-7-4-6-20-5-2-3-8-24(20)22)16-28-29(34)32(30(35)38-28)17-25(33)21-10-12-23(31)13-11-21/h2-16H,17-18H2,1H3/b28-16+. The number of halogens is 1. The minimum absolute atomic E-state index is 0.227. The van der Waals surface area contributed by atoms with E-state index in [0.29, 0.717) is 34.3 Å². The number of fused-ring (bicyclic) bond motifs is 1. The zero-order valence-corrected chi connectivity index (χ0v) is 21.9. The van der Waals surface area contributed by atoms with Crippen molar-refractivity contribution in [3.63, 3.8) is 0 Å². The van der Waals surface area contributed by atoms with Crippen LogP contribution in [0.3, 0.4) is 0 Å². The first-order valence-corrected chi connectivity index (χ1v) is 12.9. The molecule has 0 unspecified atom stereocenters. The molecule has 2 amide bonds. The zero-order valence-electron chi connectivity index (χ0n) is 20.3. The highest BCUT2D eigenvalue weighted by atomic mass is 35.5. The fraction of sp³-hybridized carbons (Fsp3) is 0.100.